The lowest BCUT2D eigenvalue weighted by molar-refractivity contribution is 0.591. The number of fused-ring (bicyclic) bond motifs is 1. The van der Waals surface area contributed by atoms with Crippen LogP contribution in [0.4, 0.5) is 0 Å². The highest BCUT2D eigenvalue weighted by molar-refractivity contribution is 5.38. The Bertz CT molecular complexity index is 501. The quantitative estimate of drug-likeness (QED) is 0.780. The average molecular weight is 213 g/mol. The lowest BCUT2D eigenvalue weighted by atomic mass is 9.87. The summed E-state index contributed by atoms with van der Waals surface area (Å²) >= 11 is 0. The Labute approximate surface area is 95.1 Å². The number of hydrogen-bond acceptors (Lipinski definition) is 2. The van der Waals surface area contributed by atoms with Crippen molar-refractivity contribution in [2.45, 2.75) is 12.5 Å². The van der Waals surface area contributed by atoms with E-state index in [9.17, 15) is 0 Å². The summed E-state index contributed by atoms with van der Waals surface area (Å²) < 4.78 is 1.87. The maximum Gasteiger partial charge on any atom is 0.0528 e. The summed E-state index contributed by atoms with van der Waals surface area (Å²) in [5.41, 5.74) is 4.14. The Morgan fingerprint density at radius 1 is 1.38 bits per heavy atom. The molecule has 16 heavy (non-hydrogen) atoms. The third kappa shape index (κ3) is 1.53. The third-order valence-electron chi connectivity index (χ3n) is 3.22. The van der Waals surface area contributed by atoms with Crippen LogP contribution in [0.3, 0.4) is 0 Å². The van der Waals surface area contributed by atoms with Gasteiger partial charge in [0, 0.05) is 32.3 Å². The first-order chi connectivity index (χ1) is 7.84. The van der Waals surface area contributed by atoms with Gasteiger partial charge < -0.3 is 5.32 Å². The van der Waals surface area contributed by atoms with Gasteiger partial charge in [0.1, 0.15) is 0 Å². The number of benzene rings is 1. The van der Waals surface area contributed by atoms with Crippen LogP contribution in [-0.2, 0) is 13.6 Å². The van der Waals surface area contributed by atoms with Gasteiger partial charge in [-0.2, -0.15) is 5.10 Å². The summed E-state index contributed by atoms with van der Waals surface area (Å²) in [5, 5.41) is 7.72. The normalized spacial score (nSPS) is 19.4. The van der Waals surface area contributed by atoms with Gasteiger partial charge in [-0.05, 0) is 16.7 Å². The Balaban J connectivity index is 2.04. The van der Waals surface area contributed by atoms with Crippen molar-refractivity contribution in [1.82, 2.24) is 15.1 Å². The molecule has 0 unspecified atom stereocenters. The van der Waals surface area contributed by atoms with Crippen molar-refractivity contribution in [2.75, 3.05) is 6.54 Å². The van der Waals surface area contributed by atoms with Crippen LogP contribution < -0.4 is 5.32 Å². The fourth-order valence-corrected chi connectivity index (χ4v) is 2.41. The predicted molar refractivity (Wildman–Crippen MR) is 63.2 cm³/mol. The van der Waals surface area contributed by atoms with Crippen molar-refractivity contribution >= 4 is 0 Å². The molecule has 1 aliphatic rings. The van der Waals surface area contributed by atoms with Crippen LogP contribution in [0.5, 0.6) is 0 Å². The first-order valence-electron chi connectivity index (χ1n) is 5.61. The number of nitrogens with zero attached hydrogens (tertiary/aromatic N) is 2. The number of aromatic nitrogens is 2. The monoisotopic (exact) mass is 213 g/mol. The number of nitrogens with one attached hydrogen (secondary N) is 1. The van der Waals surface area contributed by atoms with Crippen molar-refractivity contribution in [2.24, 2.45) is 7.05 Å². The molecule has 0 saturated carbocycles. The van der Waals surface area contributed by atoms with Crippen LogP contribution >= 0.6 is 0 Å². The molecule has 0 amide bonds. The van der Waals surface area contributed by atoms with E-state index in [1.165, 1.54) is 16.7 Å². The predicted octanol–water partition coefficient (Wildman–Crippen LogP) is 1.66. The Hall–Kier alpha value is -1.61. The van der Waals surface area contributed by atoms with Crippen LogP contribution in [0.15, 0.2) is 36.7 Å². The fraction of sp³-hybridized carbons (Fsp3) is 0.308. The molecule has 82 valence electrons. The van der Waals surface area contributed by atoms with Gasteiger partial charge in [-0.3, -0.25) is 4.68 Å². The minimum Gasteiger partial charge on any atom is -0.312 e. The molecular weight excluding hydrogens is 198 g/mol. The summed E-state index contributed by atoms with van der Waals surface area (Å²) in [4.78, 5) is 0. The zero-order valence-electron chi connectivity index (χ0n) is 9.35. The SMILES string of the molecule is Cn1cc([C@H]2CNCc3ccccc32)cn1. The van der Waals surface area contributed by atoms with Crippen molar-refractivity contribution in [3.63, 3.8) is 0 Å². The molecule has 3 nitrogen and oxygen atoms in total. The third-order valence-corrected chi connectivity index (χ3v) is 3.22. The first-order valence-corrected chi connectivity index (χ1v) is 5.61. The summed E-state index contributed by atoms with van der Waals surface area (Å²) in [6.45, 7) is 1.98. The fourth-order valence-electron chi connectivity index (χ4n) is 2.41. The maximum absolute atomic E-state index is 4.25. The molecule has 0 bridgehead atoms. The Morgan fingerprint density at radius 2 is 2.25 bits per heavy atom. The minimum atomic E-state index is 0.443. The number of rotatable bonds is 1. The second-order valence-electron chi connectivity index (χ2n) is 4.33. The van der Waals surface area contributed by atoms with Gasteiger partial charge in [-0.1, -0.05) is 24.3 Å². The van der Waals surface area contributed by atoms with E-state index in [1.54, 1.807) is 0 Å². The van der Waals surface area contributed by atoms with Crippen LogP contribution in [0, 0.1) is 0 Å². The summed E-state index contributed by atoms with van der Waals surface area (Å²) in [6.07, 6.45) is 4.07. The molecule has 1 atom stereocenters. The molecule has 0 radical (unpaired) electrons. The van der Waals surface area contributed by atoms with Gasteiger partial charge >= 0.3 is 0 Å². The van der Waals surface area contributed by atoms with Gasteiger partial charge in [0.2, 0.25) is 0 Å². The molecular formula is C13H15N3. The van der Waals surface area contributed by atoms with Gasteiger partial charge in [0.05, 0.1) is 6.20 Å². The minimum absolute atomic E-state index is 0.443. The zero-order valence-corrected chi connectivity index (χ0v) is 9.35. The molecule has 3 rings (SSSR count). The molecule has 1 aromatic heterocycles. The van der Waals surface area contributed by atoms with E-state index >= 15 is 0 Å². The van der Waals surface area contributed by atoms with Gasteiger partial charge in [0.25, 0.3) is 0 Å². The van der Waals surface area contributed by atoms with Crippen LogP contribution in [0.1, 0.15) is 22.6 Å². The van der Waals surface area contributed by atoms with Crippen molar-refractivity contribution in [1.29, 1.82) is 0 Å². The topological polar surface area (TPSA) is 29.9 Å². The smallest absolute Gasteiger partial charge is 0.0528 e. The molecule has 0 spiro atoms. The van der Waals surface area contributed by atoms with Crippen LogP contribution in [-0.4, -0.2) is 16.3 Å². The second kappa shape index (κ2) is 3.76. The molecule has 0 fully saturated rings. The van der Waals surface area contributed by atoms with E-state index in [0.29, 0.717) is 5.92 Å². The van der Waals surface area contributed by atoms with Crippen LogP contribution in [0.2, 0.25) is 0 Å². The number of hydrogen-bond donors (Lipinski definition) is 1. The highest BCUT2D eigenvalue weighted by Gasteiger charge is 2.21. The van der Waals surface area contributed by atoms with E-state index in [4.69, 9.17) is 0 Å². The molecule has 1 aliphatic heterocycles. The van der Waals surface area contributed by atoms with Crippen molar-refractivity contribution in [3.8, 4) is 0 Å². The van der Waals surface area contributed by atoms with E-state index in [0.717, 1.165) is 13.1 Å². The molecule has 0 saturated heterocycles. The molecule has 1 aromatic carbocycles. The summed E-state index contributed by atoms with van der Waals surface area (Å²) in [7, 11) is 1.96. The zero-order chi connectivity index (χ0) is 11.0. The Morgan fingerprint density at radius 3 is 3.06 bits per heavy atom. The number of aryl methyl sites for hydroxylation is 1. The molecule has 3 heteroatoms. The maximum atomic E-state index is 4.25. The van der Waals surface area contributed by atoms with Gasteiger partial charge in [-0.15, -0.1) is 0 Å². The molecule has 1 N–H and O–H groups in total. The lowest BCUT2D eigenvalue weighted by Gasteiger charge is -2.25. The molecule has 0 aliphatic carbocycles. The molecule has 2 heterocycles. The summed E-state index contributed by atoms with van der Waals surface area (Å²) in [6, 6.07) is 8.65. The lowest BCUT2D eigenvalue weighted by Crippen LogP contribution is -2.28. The van der Waals surface area contributed by atoms with Crippen molar-refractivity contribution < 1.29 is 0 Å². The van der Waals surface area contributed by atoms with E-state index in [1.807, 2.05) is 17.9 Å². The first kappa shape index (κ1) is 9.60. The standard InChI is InChI=1S/C13H15N3/c1-16-9-11(7-15-16)13-8-14-6-10-4-2-3-5-12(10)13/h2-5,7,9,13-14H,6,8H2,1H3/t13-/m1/s1. The van der Waals surface area contributed by atoms with Gasteiger partial charge in [0.15, 0.2) is 0 Å². The van der Waals surface area contributed by atoms with E-state index in [-0.39, 0.29) is 0 Å². The largest absolute Gasteiger partial charge is 0.312 e. The van der Waals surface area contributed by atoms with Gasteiger partial charge in [-0.25, -0.2) is 0 Å². The van der Waals surface area contributed by atoms with Crippen molar-refractivity contribution in [3.05, 3.63) is 53.3 Å². The average Bonchev–Trinajstić information content (AvgIpc) is 2.75. The second-order valence-corrected chi connectivity index (χ2v) is 4.33. The van der Waals surface area contributed by atoms with E-state index in [2.05, 4.69) is 40.9 Å². The molecule has 2 aromatic rings. The highest BCUT2D eigenvalue weighted by atomic mass is 15.2. The van der Waals surface area contributed by atoms with E-state index < -0.39 is 0 Å². The summed E-state index contributed by atoms with van der Waals surface area (Å²) in [5.74, 6) is 0.443. The van der Waals surface area contributed by atoms with Crippen LogP contribution in [0.25, 0.3) is 0 Å². The highest BCUT2D eigenvalue weighted by Crippen LogP contribution is 2.29. The Kier molecular flexibility index (Phi) is 2.26.